The fraction of sp³-hybridized carbons (Fsp3) is 0.0566. The molecule has 0 amide bonds. The van der Waals surface area contributed by atoms with E-state index in [0.29, 0.717) is 0 Å². The van der Waals surface area contributed by atoms with E-state index < -0.39 is 0 Å². The Hall–Kier alpha value is -6.90. The van der Waals surface area contributed by atoms with Crippen LogP contribution in [0.4, 0.5) is 17.1 Å². The minimum atomic E-state index is -0.105. The van der Waals surface area contributed by atoms with Crippen LogP contribution in [0.1, 0.15) is 25.0 Å². The third-order valence-corrected chi connectivity index (χ3v) is 11.8. The standard InChI is InChI=1S/C53H37NO/c1-53(2)49-16-7-5-14-44(49)45-29-27-43(33-50(45)53)54(42-13-9-12-38(31-42)39-20-18-34-10-3-4-11-37(34)30-39)41-25-22-35(23-26-41)40-21-19-36-24-28-47-46-15-6-8-17-51(46)55-52(47)48(36)32-40/h3-33H,1-2H3. The summed E-state index contributed by atoms with van der Waals surface area (Å²) < 4.78 is 6.43. The molecule has 0 unspecified atom stereocenters. The first-order valence-corrected chi connectivity index (χ1v) is 19.1. The summed E-state index contributed by atoms with van der Waals surface area (Å²) in [5.41, 5.74) is 15.2. The van der Waals surface area contributed by atoms with Crippen molar-refractivity contribution in [3.05, 3.63) is 199 Å². The average Bonchev–Trinajstić information content (AvgIpc) is 3.73. The first kappa shape index (κ1) is 31.6. The minimum Gasteiger partial charge on any atom is -0.455 e. The molecule has 2 nitrogen and oxygen atoms in total. The van der Waals surface area contributed by atoms with Gasteiger partial charge in [0.1, 0.15) is 11.2 Å². The Morgan fingerprint density at radius 3 is 1.93 bits per heavy atom. The molecule has 1 aromatic heterocycles. The zero-order valence-electron chi connectivity index (χ0n) is 30.8. The first-order valence-electron chi connectivity index (χ1n) is 19.1. The molecule has 1 aliphatic carbocycles. The van der Waals surface area contributed by atoms with Gasteiger partial charge in [0.05, 0.1) is 0 Å². The summed E-state index contributed by atoms with van der Waals surface area (Å²) in [4.78, 5) is 2.41. The van der Waals surface area contributed by atoms with Gasteiger partial charge in [0.2, 0.25) is 0 Å². The molecule has 1 aliphatic rings. The lowest BCUT2D eigenvalue weighted by Crippen LogP contribution is -2.16. The van der Waals surface area contributed by atoms with E-state index in [4.69, 9.17) is 4.42 Å². The Labute approximate surface area is 320 Å². The molecule has 55 heavy (non-hydrogen) atoms. The summed E-state index contributed by atoms with van der Waals surface area (Å²) in [6, 6.07) is 68.6. The first-order chi connectivity index (χ1) is 27.0. The molecule has 0 atom stereocenters. The molecule has 0 fully saturated rings. The second kappa shape index (κ2) is 12.1. The van der Waals surface area contributed by atoms with Crippen molar-refractivity contribution in [2.24, 2.45) is 0 Å². The van der Waals surface area contributed by atoms with Crippen LogP contribution in [-0.4, -0.2) is 0 Å². The van der Waals surface area contributed by atoms with Gasteiger partial charge < -0.3 is 9.32 Å². The van der Waals surface area contributed by atoms with Crippen molar-refractivity contribution in [2.75, 3.05) is 4.90 Å². The van der Waals surface area contributed by atoms with E-state index in [9.17, 15) is 0 Å². The summed E-state index contributed by atoms with van der Waals surface area (Å²) in [7, 11) is 0. The van der Waals surface area contributed by atoms with Crippen LogP contribution in [-0.2, 0) is 5.41 Å². The van der Waals surface area contributed by atoms with Crippen molar-refractivity contribution in [3.63, 3.8) is 0 Å². The molecule has 2 heteroatoms. The highest BCUT2D eigenvalue weighted by molar-refractivity contribution is 6.15. The molecular weight excluding hydrogens is 667 g/mol. The third-order valence-electron chi connectivity index (χ3n) is 11.8. The molecule has 1 heterocycles. The van der Waals surface area contributed by atoms with Crippen molar-refractivity contribution < 1.29 is 4.42 Å². The lowest BCUT2D eigenvalue weighted by atomic mass is 9.82. The normalized spacial score (nSPS) is 13.1. The number of furan rings is 1. The maximum absolute atomic E-state index is 6.43. The quantitative estimate of drug-likeness (QED) is 0.177. The zero-order chi connectivity index (χ0) is 36.7. The van der Waals surface area contributed by atoms with Crippen molar-refractivity contribution in [1.82, 2.24) is 0 Å². The van der Waals surface area contributed by atoms with Gasteiger partial charge in [-0.25, -0.2) is 0 Å². The van der Waals surface area contributed by atoms with Crippen LogP contribution in [0.3, 0.4) is 0 Å². The highest BCUT2D eigenvalue weighted by atomic mass is 16.3. The molecule has 260 valence electrons. The van der Waals surface area contributed by atoms with Crippen LogP contribution in [0.25, 0.3) is 76.9 Å². The number of para-hydroxylation sites is 1. The van der Waals surface area contributed by atoms with E-state index in [0.717, 1.165) is 55.5 Å². The third kappa shape index (κ3) is 5.02. The Kier molecular flexibility index (Phi) is 6.93. The average molecular weight is 704 g/mol. The van der Waals surface area contributed by atoms with Gasteiger partial charge in [0, 0.05) is 38.6 Å². The van der Waals surface area contributed by atoms with E-state index in [2.05, 4.69) is 195 Å². The van der Waals surface area contributed by atoms with E-state index >= 15 is 0 Å². The predicted molar refractivity (Wildman–Crippen MR) is 232 cm³/mol. The molecule has 0 aliphatic heterocycles. The number of nitrogens with zero attached hydrogens (tertiary/aromatic N) is 1. The van der Waals surface area contributed by atoms with Gasteiger partial charge in [0.15, 0.2) is 0 Å². The van der Waals surface area contributed by atoms with E-state index in [1.807, 2.05) is 12.1 Å². The second-order valence-corrected chi connectivity index (χ2v) is 15.4. The molecule has 0 saturated carbocycles. The minimum absolute atomic E-state index is 0.105. The summed E-state index contributed by atoms with van der Waals surface area (Å²) >= 11 is 0. The number of fused-ring (bicyclic) bond motifs is 9. The van der Waals surface area contributed by atoms with Gasteiger partial charge >= 0.3 is 0 Å². The van der Waals surface area contributed by atoms with E-state index in [1.54, 1.807) is 0 Å². The SMILES string of the molecule is CC1(C)c2ccccc2-c2ccc(N(c3ccc(-c4ccc5ccc6c7ccccc7oc6c5c4)cc3)c3cccc(-c4ccc5ccccc5c4)c3)cc21. The number of hydrogen-bond donors (Lipinski definition) is 0. The zero-order valence-corrected chi connectivity index (χ0v) is 30.8. The predicted octanol–water partition coefficient (Wildman–Crippen LogP) is 15.0. The monoisotopic (exact) mass is 703 g/mol. The molecular formula is C53H37NO. The number of hydrogen-bond acceptors (Lipinski definition) is 2. The number of rotatable bonds is 5. The molecule has 0 spiro atoms. The number of anilines is 3. The fourth-order valence-corrected chi connectivity index (χ4v) is 8.96. The van der Waals surface area contributed by atoms with Crippen LogP contribution >= 0.6 is 0 Å². The Morgan fingerprint density at radius 2 is 1.04 bits per heavy atom. The highest BCUT2D eigenvalue weighted by Crippen LogP contribution is 2.51. The van der Waals surface area contributed by atoms with Crippen molar-refractivity contribution in [3.8, 4) is 33.4 Å². The van der Waals surface area contributed by atoms with Gasteiger partial charge in [-0.05, 0) is 121 Å². The Balaban J connectivity index is 1.03. The molecule has 10 aromatic rings. The van der Waals surface area contributed by atoms with Gasteiger partial charge in [-0.1, -0.05) is 141 Å². The smallest absolute Gasteiger partial charge is 0.143 e. The fourth-order valence-electron chi connectivity index (χ4n) is 8.96. The summed E-state index contributed by atoms with van der Waals surface area (Å²) in [5.74, 6) is 0. The van der Waals surface area contributed by atoms with Crippen LogP contribution in [0, 0.1) is 0 Å². The number of benzene rings is 9. The lowest BCUT2D eigenvalue weighted by molar-refractivity contribution is 0.660. The maximum Gasteiger partial charge on any atom is 0.143 e. The Bertz CT molecular complexity index is 3130. The topological polar surface area (TPSA) is 16.4 Å². The molecule has 0 saturated heterocycles. The van der Waals surface area contributed by atoms with E-state index in [-0.39, 0.29) is 5.41 Å². The van der Waals surface area contributed by atoms with Crippen LogP contribution < -0.4 is 4.90 Å². The largest absolute Gasteiger partial charge is 0.455 e. The van der Waals surface area contributed by atoms with Crippen LogP contribution in [0.15, 0.2) is 192 Å². The van der Waals surface area contributed by atoms with Gasteiger partial charge in [-0.2, -0.15) is 0 Å². The van der Waals surface area contributed by atoms with Crippen molar-refractivity contribution >= 4 is 60.5 Å². The molecule has 0 N–H and O–H groups in total. The summed E-state index contributed by atoms with van der Waals surface area (Å²) in [6.07, 6.45) is 0. The maximum atomic E-state index is 6.43. The summed E-state index contributed by atoms with van der Waals surface area (Å²) in [5, 5.41) is 7.10. The van der Waals surface area contributed by atoms with E-state index in [1.165, 1.54) is 49.5 Å². The molecule has 11 rings (SSSR count). The molecule has 9 aromatic carbocycles. The van der Waals surface area contributed by atoms with Crippen LogP contribution in [0.2, 0.25) is 0 Å². The van der Waals surface area contributed by atoms with Gasteiger partial charge in [-0.3, -0.25) is 0 Å². The lowest BCUT2D eigenvalue weighted by Gasteiger charge is -2.28. The van der Waals surface area contributed by atoms with Crippen molar-refractivity contribution in [1.29, 1.82) is 0 Å². The Morgan fingerprint density at radius 1 is 0.382 bits per heavy atom. The van der Waals surface area contributed by atoms with Gasteiger partial charge in [-0.15, -0.1) is 0 Å². The molecule has 0 radical (unpaired) electrons. The van der Waals surface area contributed by atoms with Gasteiger partial charge in [0.25, 0.3) is 0 Å². The second-order valence-electron chi connectivity index (χ2n) is 15.4. The highest BCUT2D eigenvalue weighted by Gasteiger charge is 2.35. The summed E-state index contributed by atoms with van der Waals surface area (Å²) in [6.45, 7) is 4.70. The molecule has 0 bridgehead atoms. The van der Waals surface area contributed by atoms with Crippen molar-refractivity contribution in [2.45, 2.75) is 19.3 Å². The van der Waals surface area contributed by atoms with Crippen LogP contribution in [0.5, 0.6) is 0 Å².